The van der Waals surface area contributed by atoms with E-state index in [9.17, 15) is 0 Å². The van der Waals surface area contributed by atoms with Crippen LogP contribution in [0.2, 0.25) is 0 Å². The van der Waals surface area contributed by atoms with Crippen molar-refractivity contribution in [2.75, 3.05) is 0 Å². The van der Waals surface area contributed by atoms with Crippen molar-refractivity contribution in [3.05, 3.63) is 19.0 Å². The standard InChI is InChI=1S/C12H17/c1-7-9-3-11-5-10(7)6-12(4-9)8(11)2/h7,9-12H,1-6H2/q+1/i1D2,2D2. The van der Waals surface area contributed by atoms with Gasteiger partial charge in [0.25, 0.3) is 0 Å². The van der Waals surface area contributed by atoms with E-state index >= 15 is 0 Å². The van der Waals surface area contributed by atoms with Gasteiger partial charge < -0.3 is 0 Å². The highest BCUT2D eigenvalue weighted by Gasteiger charge is 2.51. The van der Waals surface area contributed by atoms with Crippen molar-refractivity contribution in [1.29, 1.82) is 0 Å². The summed E-state index contributed by atoms with van der Waals surface area (Å²) < 4.78 is 30.3. The molecule has 0 unspecified atom stereocenters. The first kappa shape index (κ1) is 4.21. The van der Waals surface area contributed by atoms with Crippen LogP contribution in [-0.4, -0.2) is 0 Å². The van der Waals surface area contributed by atoms with Gasteiger partial charge in [0, 0.05) is 11.8 Å². The zero-order valence-electron chi connectivity index (χ0n) is 11.2. The Morgan fingerprint density at radius 3 is 2.25 bits per heavy atom. The fourth-order valence-electron chi connectivity index (χ4n) is 3.66. The largest absolute Gasteiger partial charge is 0.321 e. The van der Waals surface area contributed by atoms with Crippen molar-refractivity contribution in [1.82, 2.24) is 0 Å². The Hall–Kier alpha value is -0.390. The minimum Gasteiger partial charge on any atom is -0.0993 e. The zero-order chi connectivity index (χ0) is 11.4. The Balaban J connectivity index is 1.90. The summed E-state index contributed by atoms with van der Waals surface area (Å²) in [7, 11) is 0. The van der Waals surface area contributed by atoms with Crippen LogP contribution < -0.4 is 0 Å². The molecule has 0 saturated heterocycles. The molecule has 0 atom stereocenters. The van der Waals surface area contributed by atoms with Gasteiger partial charge in [0.1, 0.15) is 5.92 Å². The Morgan fingerprint density at radius 2 is 1.83 bits per heavy atom. The fourth-order valence-corrected chi connectivity index (χ4v) is 3.66. The van der Waals surface area contributed by atoms with Crippen LogP contribution in [0.4, 0.5) is 0 Å². The van der Waals surface area contributed by atoms with E-state index in [1.165, 1.54) is 0 Å². The molecule has 0 aliphatic heterocycles. The van der Waals surface area contributed by atoms with E-state index in [4.69, 9.17) is 5.48 Å². The predicted molar refractivity (Wildman–Crippen MR) is 50.4 cm³/mol. The van der Waals surface area contributed by atoms with Gasteiger partial charge in [-0.25, -0.2) is 0 Å². The van der Waals surface area contributed by atoms with Crippen LogP contribution in [0.25, 0.3) is 0 Å². The monoisotopic (exact) mass is 165 g/mol. The maximum absolute atomic E-state index is 7.58. The summed E-state index contributed by atoms with van der Waals surface area (Å²) in [5, 5.41) is 0. The van der Waals surface area contributed by atoms with Gasteiger partial charge in [-0.2, -0.15) is 0 Å². The third kappa shape index (κ3) is 0.713. The normalized spacial score (nSPS) is 60.3. The molecular formula is C12H17+. The number of allylic oxidation sites excluding steroid dienone is 1. The average molecular weight is 165 g/mol. The van der Waals surface area contributed by atoms with Crippen molar-refractivity contribution in [3.63, 3.8) is 0 Å². The molecule has 0 aromatic heterocycles. The van der Waals surface area contributed by atoms with E-state index in [0.29, 0.717) is 23.7 Å². The maximum Gasteiger partial charge on any atom is 0.321 e. The molecule has 0 amide bonds. The van der Waals surface area contributed by atoms with E-state index in [-0.39, 0.29) is 19.3 Å². The minimum atomic E-state index is 0.0475. The van der Waals surface area contributed by atoms with E-state index in [0.717, 1.165) is 31.3 Å². The Labute approximate surface area is 80.7 Å². The average Bonchev–Trinajstić information content (AvgIpc) is 2.14. The van der Waals surface area contributed by atoms with E-state index in [2.05, 4.69) is 0 Å². The molecule has 4 bridgehead atoms. The van der Waals surface area contributed by atoms with Gasteiger partial charge in [-0.05, 0) is 37.5 Å². The van der Waals surface area contributed by atoms with Crippen LogP contribution in [0.1, 0.15) is 31.2 Å². The minimum absolute atomic E-state index is 0.0475. The molecule has 0 radical (unpaired) electrons. The highest BCUT2D eigenvalue weighted by molar-refractivity contribution is 5.18. The summed E-state index contributed by atoms with van der Waals surface area (Å²) in [4.78, 5) is 0. The highest BCUT2D eigenvalue weighted by atomic mass is 14.5. The lowest BCUT2D eigenvalue weighted by Crippen LogP contribution is -2.45. The van der Waals surface area contributed by atoms with Crippen molar-refractivity contribution in [3.8, 4) is 0 Å². The van der Waals surface area contributed by atoms with Crippen LogP contribution in [0.3, 0.4) is 0 Å². The maximum atomic E-state index is 7.58. The van der Waals surface area contributed by atoms with Crippen LogP contribution in [0, 0.1) is 36.5 Å². The topological polar surface area (TPSA) is 0 Å². The van der Waals surface area contributed by atoms with Crippen molar-refractivity contribution in [2.24, 2.45) is 29.6 Å². The molecule has 0 heterocycles. The number of rotatable bonds is 1. The Morgan fingerprint density at radius 1 is 1.25 bits per heavy atom. The first-order chi connectivity index (χ1) is 7.58. The SMILES string of the molecule is [2H]C([2H])=C1C2CC3CC1CC(C2)C3[C+]([2H])[2H]. The van der Waals surface area contributed by atoms with E-state index < -0.39 is 0 Å². The molecule has 0 nitrogen and oxygen atoms in total. The molecule has 4 saturated carbocycles. The molecule has 0 spiro atoms. The molecule has 64 valence electrons. The van der Waals surface area contributed by atoms with Gasteiger partial charge in [-0.3, -0.25) is 0 Å². The highest BCUT2D eigenvalue weighted by Crippen LogP contribution is 2.57. The summed E-state index contributed by atoms with van der Waals surface area (Å²) in [6, 6.07) is 0. The number of hydrogen-bond donors (Lipinski definition) is 0. The summed E-state index contributed by atoms with van der Waals surface area (Å²) in [6.45, 7) is 0.169. The van der Waals surface area contributed by atoms with Crippen molar-refractivity contribution >= 4 is 0 Å². The second-order valence-corrected chi connectivity index (χ2v) is 4.84. The van der Waals surface area contributed by atoms with Gasteiger partial charge in [0.2, 0.25) is 0 Å². The molecule has 0 heteroatoms. The van der Waals surface area contributed by atoms with Gasteiger partial charge in [0.15, 0.2) is 0 Å². The first-order valence-corrected chi connectivity index (χ1v) is 5.05. The fraction of sp³-hybridized carbons (Fsp3) is 0.750. The molecule has 0 aromatic carbocycles. The van der Waals surface area contributed by atoms with E-state index in [1.807, 2.05) is 0 Å². The van der Waals surface area contributed by atoms with Crippen LogP contribution in [0.15, 0.2) is 12.1 Å². The molecule has 4 aliphatic rings. The third-order valence-electron chi connectivity index (χ3n) is 4.24. The van der Waals surface area contributed by atoms with Crippen LogP contribution in [-0.2, 0) is 0 Å². The van der Waals surface area contributed by atoms with Crippen molar-refractivity contribution in [2.45, 2.75) is 25.7 Å². The number of hydrogen-bond acceptors (Lipinski definition) is 0. The molecule has 0 N–H and O–H groups in total. The van der Waals surface area contributed by atoms with Crippen LogP contribution in [0.5, 0.6) is 0 Å². The van der Waals surface area contributed by atoms with Gasteiger partial charge >= 0.3 is 2.74 Å². The molecule has 0 aromatic rings. The summed E-state index contributed by atoms with van der Waals surface area (Å²) in [6.07, 6.45) is 4.09. The third-order valence-corrected chi connectivity index (χ3v) is 4.24. The zero-order valence-corrected chi connectivity index (χ0v) is 7.22. The smallest absolute Gasteiger partial charge is 0.0993 e. The predicted octanol–water partition coefficient (Wildman–Crippen LogP) is 3.06. The summed E-state index contributed by atoms with van der Waals surface area (Å²) in [5.74, 6) is 2.05. The van der Waals surface area contributed by atoms with E-state index in [1.54, 1.807) is 0 Å². The second-order valence-electron chi connectivity index (χ2n) is 4.84. The molecule has 4 aliphatic carbocycles. The molecule has 4 fully saturated rings. The van der Waals surface area contributed by atoms with Gasteiger partial charge in [-0.1, -0.05) is 12.1 Å². The lowest BCUT2D eigenvalue weighted by Gasteiger charge is -2.52. The van der Waals surface area contributed by atoms with Gasteiger partial charge in [0.05, 0.1) is 9.62 Å². The first-order valence-electron chi connectivity index (χ1n) is 7.05. The second kappa shape index (κ2) is 2.10. The Bertz CT molecular complexity index is 298. The molecular weight excluding hydrogens is 144 g/mol. The summed E-state index contributed by atoms with van der Waals surface area (Å²) >= 11 is 0. The molecule has 12 heavy (non-hydrogen) atoms. The summed E-state index contributed by atoms with van der Waals surface area (Å²) in [5.41, 5.74) is 1.09. The quantitative estimate of drug-likeness (QED) is 0.414. The lowest BCUT2D eigenvalue weighted by atomic mass is 9.51. The Kier molecular flexibility index (Phi) is 0.737. The molecule has 4 rings (SSSR count). The van der Waals surface area contributed by atoms with Gasteiger partial charge in [-0.15, -0.1) is 0 Å². The lowest BCUT2D eigenvalue weighted by molar-refractivity contribution is 0.0258. The van der Waals surface area contributed by atoms with Crippen molar-refractivity contribution < 1.29 is 5.48 Å². The van der Waals surface area contributed by atoms with Crippen LogP contribution >= 0.6 is 0 Å².